The van der Waals surface area contributed by atoms with Crippen LogP contribution < -0.4 is 5.32 Å². The highest BCUT2D eigenvalue weighted by Crippen LogP contribution is 2.32. The molecular formula is C15H14F3NO2S. The van der Waals surface area contributed by atoms with Gasteiger partial charge in [0.1, 0.15) is 5.76 Å². The Kier molecular flexibility index (Phi) is 5.18. The van der Waals surface area contributed by atoms with Crippen molar-refractivity contribution in [2.24, 2.45) is 0 Å². The lowest BCUT2D eigenvalue weighted by Gasteiger charge is -2.07. The molecule has 0 fully saturated rings. The molecule has 1 heterocycles. The Morgan fingerprint density at radius 1 is 1.27 bits per heavy atom. The smallest absolute Gasteiger partial charge is 0.416 e. The standard InChI is InChI=1S/C15H14F3NO2S/c1-22-8-7-19-14(20)13-6-5-12(21-13)10-3-2-4-11(9-10)15(16,17)18/h2-6,9H,7-8H2,1H3,(H,19,20). The molecule has 1 amide bonds. The van der Waals surface area contributed by atoms with Gasteiger partial charge in [-0.1, -0.05) is 12.1 Å². The highest BCUT2D eigenvalue weighted by atomic mass is 32.2. The summed E-state index contributed by atoms with van der Waals surface area (Å²) >= 11 is 1.59. The minimum atomic E-state index is -4.42. The summed E-state index contributed by atoms with van der Waals surface area (Å²) in [7, 11) is 0. The topological polar surface area (TPSA) is 42.2 Å². The number of halogens is 3. The van der Waals surface area contributed by atoms with E-state index in [9.17, 15) is 18.0 Å². The van der Waals surface area contributed by atoms with Crippen LogP contribution in [0.2, 0.25) is 0 Å². The summed E-state index contributed by atoms with van der Waals surface area (Å²) in [4.78, 5) is 11.8. The summed E-state index contributed by atoms with van der Waals surface area (Å²) in [5, 5.41) is 2.67. The van der Waals surface area contributed by atoms with Gasteiger partial charge in [-0.2, -0.15) is 24.9 Å². The lowest BCUT2D eigenvalue weighted by Crippen LogP contribution is -2.25. The van der Waals surface area contributed by atoms with Crippen molar-refractivity contribution in [1.82, 2.24) is 5.32 Å². The van der Waals surface area contributed by atoms with Crippen molar-refractivity contribution in [3.05, 3.63) is 47.7 Å². The van der Waals surface area contributed by atoms with Gasteiger partial charge in [0.2, 0.25) is 0 Å². The van der Waals surface area contributed by atoms with Crippen LogP contribution in [0, 0.1) is 0 Å². The van der Waals surface area contributed by atoms with Crippen LogP contribution in [0.5, 0.6) is 0 Å². The lowest BCUT2D eigenvalue weighted by molar-refractivity contribution is -0.137. The zero-order valence-corrected chi connectivity index (χ0v) is 12.6. The minimum absolute atomic E-state index is 0.0773. The third-order valence-corrected chi connectivity index (χ3v) is 3.51. The average Bonchev–Trinajstić information content (AvgIpc) is 2.96. The van der Waals surface area contributed by atoms with Gasteiger partial charge in [0, 0.05) is 17.9 Å². The summed E-state index contributed by atoms with van der Waals surface area (Å²) < 4.78 is 43.4. The van der Waals surface area contributed by atoms with Gasteiger partial charge in [-0.25, -0.2) is 0 Å². The Labute approximate surface area is 129 Å². The SMILES string of the molecule is CSCCNC(=O)c1ccc(-c2cccc(C(F)(F)F)c2)o1. The number of alkyl halides is 3. The van der Waals surface area contributed by atoms with Crippen molar-refractivity contribution in [3.63, 3.8) is 0 Å². The van der Waals surface area contributed by atoms with Gasteiger partial charge in [-0.3, -0.25) is 4.79 Å². The molecule has 2 rings (SSSR count). The van der Waals surface area contributed by atoms with Gasteiger partial charge in [0.15, 0.2) is 5.76 Å². The maximum atomic E-state index is 12.7. The highest BCUT2D eigenvalue weighted by molar-refractivity contribution is 7.98. The molecular weight excluding hydrogens is 315 g/mol. The second-order valence-corrected chi connectivity index (χ2v) is 5.48. The number of benzene rings is 1. The van der Waals surface area contributed by atoms with Crippen LogP contribution in [-0.2, 0) is 6.18 Å². The van der Waals surface area contributed by atoms with E-state index in [1.165, 1.54) is 24.3 Å². The Balaban J connectivity index is 2.16. The molecule has 0 saturated carbocycles. The van der Waals surface area contributed by atoms with Crippen LogP contribution >= 0.6 is 11.8 Å². The second kappa shape index (κ2) is 6.91. The number of nitrogens with one attached hydrogen (secondary N) is 1. The normalized spacial score (nSPS) is 11.5. The first-order chi connectivity index (χ1) is 10.4. The maximum Gasteiger partial charge on any atom is 0.416 e. The fraction of sp³-hybridized carbons (Fsp3) is 0.267. The molecule has 0 radical (unpaired) electrons. The van der Waals surface area contributed by atoms with E-state index in [1.54, 1.807) is 11.8 Å². The molecule has 0 aliphatic carbocycles. The fourth-order valence-electron chi connectivity index (χ4n) is 1.82. The van der Waals surface area contributed by atoms with Crippen LogP contribution in [0.25, 0.3) is 11.3 Å². The van der Waals surface area contributed by atoms with Crippen LogP contribution in [0.3, 0.4) is 0 Å². The molecule has 0 aliphatic heterocycles. The highest BCUT2D eigenvalue weighted by Gasteiger charge is 2.30. The lowest BCUT2D eigenvalue weighted by atomic mass is 10.1. The zero-order valence-electron chi connectivity index (χ0n) is 11.7. The predicted octanol–water partition coefficient (Wildman–Crippen LogP) is 4.06. The van der Waals surface area contributed by atoms with Crippen molar-refractivity contribution in [1.29, 1.82) is 0 Å². The van der Waals surface area contributed by atoms with Crippen LogP contribution in [0.1, 0.15) is 16.1 Å². The Bertz CT molecular complexity index is 652. The van der Waals surface area contributed by atoms with E-state index in [4.69, 9.17) is 4.42 Å². The number of rotatable bonds is 5. The van der Waals surface area contributed by atoms with Crippen molar-refractivity contribution in [2.75, 3.05) is 18.6 Å². The number of hydrogen-bond donors (Lipinski definition) is 1. The predicted molar refractivity (Wildman–Crippen MR) is 79.9 cm³/mol. The number of furan rings is 1. The van der Waals surface area contributed by atoms with Gasteiger partial charge in [0.05, 0.1) is 5.56 Å². The quantitative estimate of drug-likeness (QED) is 0.841. The van der Waals surface area contributed by atoms with E-state index in [0.29, 0.717) is 6.54 Å². The molecule has 1 aromatic carbocycles. The van der Waals surface area contributed by atoms with Crippen LogP contribution in [0.4, 0.5) is 13.2 Å². The molecule has 7 heteroatoms. The summed E-state index contributed by atoms with van der Waals surface area (Å²) in [6.45, 7) is 0.500. The largest absolute Gasteiger partial charge is 0.451 e. The molecule has 0 bridgehead atoms. The summed E-state index contributed by atoms with van der Waals surface area (Å²) in [5.41, 5.74) is -0.481. The Hall–Kier alpha value is -1.89. The molecule has 0 spiro atoms. The zero-order chi connectivity index (χ0) is 16.2. The van der Waals surface area contributed by atoms with Crippen LogP contribution in [-0.4, -0.2) is 24.5 Å². The van der Waals surface area contributed by atoms with Gasteiger partial charge in [-0.15, -0.1) is 0 Å². The molecule has 2 aromatic rings. The summed E-state index contributed by atoms with van der Waals surface area (Å²) in [5.74, 6) is 0.689. The summed E-state index contributed by atoms with van der Waals surface area (Å²) in [6, 6.07) is 7.72. The summed E-state index contributed by atoms with van der Waals surface area (Å²) in [6.07, 6.45) is -2.49. The maximum absolute atomic E-state index is 12.7. The van der Waals surface area contributed by atoms with E-state index in [2.05, 4.69) is 5.32 Å². The van der Waals surface area contributed by atoms with E-state index in [-0.39, 0.29) is 23.0 Å². The number of thioether (sulfide) groups is 1. The molecule has 0 unspecified atom stereocenters. The molecule has 0 atom stereocenters. The van der Waals surface area contributed by atoms with E-state index in [0.717, 1.165) is 17.9 Å². The fourth-order valence-corrected chi connectivity index (χ4v) is 2.12. The minimum Gasteiger partial charge on any atom is -0.451 e. The van der Waals surface area contributed by atoms with Crippen LogP contribution in [0.15, 0.2) is 40.8 Å². The van der Waals surface area contributed by atoms with Gasteiger partial charge < -0.3 is 9.73 Å². The molecule has 118 valence electrons. The van der Waals surface area contributed by atoms with E-state index < -0.39 is 11.7 Å². The first-order valence-corrected chi connectivity index (χ1v) is 7.86. The van der Waals surface area contributed by atoms with Gasteiger partial charge in [-0.05, 0) is 30.5 Å². The molecule has 22 heavy (non-hydrogen) atoms. The third-order valence-electron chi connectivity index (χ3n) is 2.90. The monoisotopic (exact) mass is 329 g/mol. The Morgan fingerprint density at radius 3 is 2.73 bits per heavy atom. The average molecular weight is 329 g/mol. The first kappa shape index (κ1) is 16.5. The molecule has 1 N–H and O–H groups in total. The number of carbonyl (C=O) groups excluding carboxylic acids is 1. The molecule has 0 aliphatic rings. The van der Waals surface area contributed by atoms with Crippen molar-refractivity contribution < 1.29 is 22.4 Å². The second-order valence-electron chi connectivity index (χ2n) is 4.49. The molecule has 1 aromatic heterocycles. The first-order valence-electron chi connectivity index (χ1n) is 6.46. The van der Waals surface area contributed by atoms with Gasteiger partial charge in [0.25, 0.3) is 5.91 Å². The number of amides is 1. The van der Waals surface area contributed by atoms with Crippen molar-refractivity contribution >= 4 is 17.7 Å². The van der Waals surface area contributed by atoms with E-state index in [1.807, 2.05) is 6.26 Å². The van der Waals surface area contributed by atoms with Crippen molar-refractivity contribution in [3.8, 4) is 11.3 Å². The van der Waals surface area contributed by atoms with E-state index >= 15 is 0 Å². The number of hydrogen-bond acceptors (Lipinski definition) is 3. The Morgan fingerprint density at radius 2 is 2.05 bits per heavy atom. The van der Waals surface area contributed by atoms with Gasteiger partial charge >= 0.3 is 6.18 Å². The number of carbonyl (C=O) groups is 1. The third kappa shape index (κ3) is 4.07. The molecule has 3 nitrogen and oxygen atoms in total. The van der Waals surface area contributed by atoms with Crippen molar-refractivity contribution in [2.45, 2.75) is 6.18 Å². The molecule has 0 saturated heterocycles.